The van der Waals surface area contributed by atoms with E-state index in [1.165, 1.54) is 13.3 Å². The average molecular weight is 188 g/mol. The zero-order chi connectivity index (χ0) is 10.4. The Balaban J connectivity index is 2.74. The van der Waals surface area contributed by atoms with Gasteiger partial charge in [-0.1, -0.05) is 12.1 Å². The number of ether oxygens (including phenoxy) is 1. The van der Waals surface area contributed by atoms with Crippen molar-refractivity contribution in [3.8, 4) is 6.07 Å². The molecule has 0 saturated carbocycles. The zero-order valence-electron chi connectivity index (χ0n) is 7.60. The van der Waals surface area contributed by atoms with Gasteiger partial charge in [0.05, 0.1) is 18.7 Å². The molecule has 0 aromatic heterocycles. The molecule has 70 valence electrons. The van der Waals surface area contributed by atoms with Crippen molar-refractivity contribution >= 4 is 12.3 Å². The Morgan fingerprint density at radius 3 is 2.64 bits per heavy atom. The van der Waals surface area contributed by atoms with Crippen molar-refractivity contribution in [3.05, 3.63) is 35.4 Å². The van der Waals surface area contributed by atoms with Gasteiger partial charge in [0.25, 0.3) is 0 Å². The van der Waals surface area contributed by atoms with Crippen LogP contribution in [0.5, 0.6) is 0 Å². The molecule has 1 amide bonds. The Hall–Kier alpha value is -2.15. The van der Waals surface area contributed by atoms with Crippen LogP contribution in [0.1, 0.15) is 11.1 Å². The summed E-state index contributed by atoms with van der Waals surface area (Å²) in [6.45, 7) is 0. The molecule has 0 N–H and O–H groups in total. The van der Waals surface area contributed by atoms with E-state index in [9.17, 15) is 4.79 Å². The first-order valence-electron chi connectivity index (χ1n) is 3.88. The Labute approximate surface area is 81.5 Å². The number of carbonyl (C=O) groups excluding carboxylic acids is 1. The number of nitriles is 1. The predicted octanol–water partition coefficient (Wildman–Crippen LogP) is 1.74. The summed E-state index contributed by atoms with van der Waals surface area (Å²) in [5, 5.41) is 8.53. The molecular formula is C10H8N2O2. The van der Waals surface area contributed by atoms with Gasteiger partial charge in [-0.2, -0.15) is 10.3 Å². The number of amides is 1. The lowest BCUT2D eigenvalue weighted by molar-refractivity contribution is 0.183. The van der Waals surface area contributed by atoms with Crippen LogP contribution in [0.2, 0.25) is 0 Å². The van der Waals surface area contributed by atoms with Gasteiger partial charge in [0, 0.05) is 6.21 Å². The minimum Gasteiger partial charge on any atom is -0.451 e. The monoisotopic (exact) mass is 188 g/mol. The van der Waals surface area contributed by atoms with E-state index in [2.05, 4.69) is 9.73 Å². The third-order valence-corrected chi connectivity index (χ3v) is 1.53. The van der Waals surface area contributed by atoms with E-state index in [1.54, 1.807) is 24.3 Å². The molecule has 14 heavy (non-hydrogen) atoms. The molecule has 0 aliphatic rings. The minimum atomic E-state index is -0.644. The van der Waals surface area contributed by atoms with Gasteiger partial charge in [0.2, 0.25) is 0 Å². The highest BCUT2D eigenvalue weighted by Crippen LogP contribution is 2.00. The predicted molar refractivity (Wildman–Crippen MR) is 51.2 cm³/mol. The highest BCUT2D eigenvalue weighted by atomic mass is 16.5. The summed E-state index contributed by atoms with van der Waals surface area (Å²) in [5.74, 6) is 0. The van der Waals surface area contributed by atoms with Crippen molar-refractivity contribution in [2.24, 2.45) is 4.99 Å². The van der Waals surface area contributed by atoms with Gasteiger partial charge in [0.1, 0.15) is 0 Å². The number of methoxy groups -OCH3 is 1. The van der Waals surface area contributed by atoms with Crippen LogP contribution in [-0.2, 0) is 4.74 Å². The van der Waals surface area contributed by atoms with E-state index in [1.807, 2.05) is 6.07 Å². The Bertz CT molecular complexity index is 388. The number of hydrogen-bond donors (Lipinski definition) is 0. The molecule has 0 bridgehead atoms. The standard InChI is InChI=1S/C10H8N2O2/c1-14-10(13)12-7-9-4-2-8(6-11)3-5-9/h2-5,7H,1H3/b12-7-. The van der Waals surface area contributed by atoms with Gasteiger partial charge in [-0.05, 0) is 17.7 Å². The molecule has 0 aliphatic carbocycles. The minimum absolute atomic E-state index is 0.570. The van der Waals surface area contributed by atoms with Gasteiger partial charge in [-0.15, -0.1) is 0 Å². The van der Waals surface area contributed by atoms with Crippen molar-refractivity contribution in [1.29, 1.82) is 5.26 Å². The lowest BCUT2D eigenvalue weighted by Gasteiger charge is -1.92. The molecule has 0 radical (unpaired) electrons. The summed E-state index contributed by atoms with van der Waals surface area (Å²) in [5.41, 5.74) is 1.31. The van der Waals surface area contributed by atoms with Gasteiger partial charge in [-0.3, -0.25) is 0 Å². The van der Waals surface area contributed by atoms with Crippen LogP contribution in [0, 0.1) is 11.3 Å². The average Bonchev–Trinajstić information content (AvgIpc) is 2.26. The molecule has 0 unspecified atom stereocenters. The SMILES string of the molecule is COC(=O)/N=C\c1ccc(C#N)cc1. The Morgan fingerprint density at radius 2 is 2.14 bits per heavy atom. The summed E-state index contributed by atoms with van der Waals surface area (Å²) in [6, 6.07) is 8.70. The summed E-state index contributed by atoms with van der Waals surface area (Å²) in [4.78, 5) is 14.1. The number of aliphatic imine (C=N–C) groups is 1. The van der Waals surface area contributed by atoms with Crippen LogP contribution in [0.4, 0.5) is 4.79 Å². The van der Waals surface area contributed by atoms with Crippen molar-refractivity contribution in [2.45, 2.75) is 0 Å². The first-order valence-corrected chi connectivity index (χ1v) is 3.88. The Morgan fingerprint density at radius 1 is 1.50 bits per heavy atom. The number of carbonyl (C=O) groups is 1. The van der Waals surface area contributed by atoms with E-state index in [0.717, 1.165) is 5.56 Å². The van der Waals surface area contributed by atoms with E-state index < -0.39 is 6.09 Å². The summed E-state index contributed by atoms with van der Waals surface area (Å²) >= 11 is 0. The zero-order valence-corrected chi connectivity index (χ0v) is 7.60. The number of hydrogen-bond acceptors (Lipinski definition) is 3. The van der Waals surface area contributed by atoms with Gasteiger partial charge in [0.15, 0.2) is 0 Å². The molecule has 1 rings (SSSR count). The number of benzene rings is 1. The molecule has 0 heterocycles. The van der Waals surface area contributed by atoms with Crippen LogP contribution >= 0.6 is 0 Å². The summed E-state index contributed by atoms with van der Waals surface area (Å²) in [6.07, 6.45) is 0.738. The summed E-state index contributed by atoms with van der Waals surface area (Å²) in [7, 11) is 1.26. The van der Waals surface area contributed by atoms with Crippen LogP contribution in [0.15, 0.2) is 29.3 Å². The fourth-order valence-electron chi connectivity index (χ4n) is 0.824. The summed E-state index contributed by atoms with van der Waals surface area (Å²) < 4.78 is 4.33. The fourth-order valence-corrected chi connectivity index (χ4v) is 0.824. The molecule has 0 atom stereocenters. The highest BCUT2D eigenvalue weighted by molar-refractivity contribution is 5.88. The quantitative estimate of drug-likeness (QED) is 0.630. The van der Waals surface area contributed by atoms with Crippen LogP contribution in [0.3, 0.4) is 0 Å². The first-order chi connectivity index (χ1) is 6.76. The second-order valence-electron chi connectivity index (χ2n) is 2.46. The number of nitrogens with zero attached hydrogens (tertiary/aromatic N) is 2. The van der Waals surface area contributed by atoms with Crippen molar-refractivity contribution in [1.82, 2.24) is 0 Å². The largest absolute Gasteiger partial charge is 0.451 e. The second-order valence-corrected chi connectivity index (χ2v) is 2.46. The normalized spacial score (nSPS) is 9.71. The lowest BCUT2D eigenvalue weighted by Crippen LogP contribution is -1.93. The second kappa shape index (κ2) is 4.77. The highest BCUT2D eigenvalue weighted by Gasteiger charge is 1.93. The third-order valence-electron chi connectivity index (χ3n) is 1.53. The van der Waals surface area contributed by atoms with Gasteiger partial charge < -0.3 is 4.74 Å². The van der Waals surface area contributed by atoms with Crippen molar-refractivity contribution in [3.63, 3.8) is 0 Å². The fraction of sp³-hybridized carbons (Fsp3) is 0.100. The van der Waals surface area contributed by atoms with E-state index in [-0.39, 0.29) is 0 Å². The molecule has 0 spiro atoms. The van der Waals surface area contributed by atoms with Crippen LogP contribution in [0.25, 0.3) is 0 Å². The Kier molecular flexibility index (Phi) is 3.39. The molecule has 0 saturated heterocycles. The maximum absolute atomic E-state index is 10.6. The van der Waals surface area contributed by atoms with Crippen LogP contribution in [-0.4, -0.2) is 19.4 Å². The third kappa shape index (κ3) is 2.72. The number of rotatable bonds is 1. The maximum atomic E-state index is 10.6. The smallest absolute Gasteiger partial charge is 0.433 e. The molecule has 0 aliphatic heterocycles. The first kappa shape index (κ1) is 9.93. The van der Waals surface area contributed by atoms with Crippen molar-refractivity contribution in [2.75, 3.05) is 7.11 Å². The van der Waals surface area contributed by atoms with E-state index in [0.29, 0.717) is 5.56 Å². The molecule has 0 fully saturated rings. The molecule has 4 heteroatoms. The molecule has 1 aromatic rings. The van der Waals surface area contributed by atoms with E-state index >= 15 is 0 Å². The van der Waals surface area contributed by atoms with Crippen LogP contribution < -0.4 is 0 Å². The molecule has 1 aromatic carbocycles. The van der Waals surface area contributed by atoms with Crippen molar-refractivity contribution < 1.29 is 9.53 Å². The van der Waals surface area contributed by atoms with E-state index in [4.69, 9.17) is 5.26 Å². The topological polar surface area (TPSA) is 62.4 Å². The molecule has 4 nitrogen and oxygen atoms in total. The lowest BCUT2D eigenvalue weighted by atomic mass is 10.2. The van der Waals surface area contributed by atoms with Gasteiger partial charge in [-0.25, -0.2) is 4.79 Å². The van der Waals surface area contributed by atoms with Gasteiger partial charge >= 0.3 is 6.09 Å². The maximum Gasteiger partial charge on any atom is 0.433 e. The molecular weight excluding hydrogens is 180 g/mol.